The molecule has 1 aliphatic carbocycles. The van der Waals surface area contributed by atoms with Crippen molar-refractivity contribution in [2.24, 2.45) is 5.92 Å². The fraction of sp³-hybridized carbons (Fsp3) is 0.500. The molecule has 0 spiro atoms. The van der Waals surface area contributed by atoms with Crippen LogP contribution >= 0.6 is 0 Å². The molecule has 1 saturated carbocycles. The zero-order valence-corrected chi connectivity index (χ0v) is 13.9. The Morgan fingerprint density at radius 3 is 3.04 bits per heavy atom. The van der Waals surface area contributed by atoms with Crippen molar-refractivity contribution in [2.45, 2.75) is 44.6 Å². The lowest BCUT2D eigenvalue weighted by Gasteiger charge is -2.18. The average molecular weight is 347 g/mol. The van der Waals surface area contributed by atoms with Crippen LogP contribution in [0.2, 0.25) is 0 Å². The maximum Gasteiger partial charge on any atom is 0.404 e. The van der Waals surface area contributed by atoms with Gasteiger partial charge in [0.15, 0.2) is 5.82 Å². The van der Waals surface area contributed by atoms with Gasteiger partial charge < -0.3 is 20.3 Å². The smallest absolute Gasteiger partial charge is 0.404 e. The Labute approximate surface area is 144 Å². The summed E-state index contributed by atoms with van der Waals surface area (Å²) in [5.41, 5.74) is 0.958. The second kappa shape index (κ2) is 7.37. The maximum absolute atomic E-state index is 11.9. The summed E-state index contributed by atoms with van der Waals surface area (Å²) in [6, 6.07) is 3.40. The molecule has 2 heterocycles. The molecule has 4 N–H and O–H groups in total. The third kappa shape index (κ3) is 4.37. The van der Waals surface area contributed by atoms with E-state index in [0.29, 0.717) is 17.5 Å². The van der Waals surface area contributed by atoms with E-state index in [1.54, 1.807) is 6.07 Å². The van der Waals surface area contributed by atoms with Crippen LogP contribution in [0, 0.1) is 5.92 Å². The first-order valence-electron chi connectivity index (χ1n) is 8.25. The number of nitrogens with zero attached hydrogens (tertiary/aromatic N) is 2. The van der Waals surface area contributed by atoms with Crippen LogP contribution < -0.4 is 10.6 Å². The number of nitrogens with one attached hydrogen (secondary N) is 3. The molecule has 2 unspecified atom stereocenters. The van der Waals surface area contributed by atoms with Crippen molar-refractivity contribution in [3.05, 3.63) is 29.8 Å². The molecule has 1 fully saturated rings. The Bertz CT molecular complexity index is 727. The SMILES string of the molecule is CC(NC(=O)O)C1CC[C@H](c2cc(NC(=O)Cc3ccno3)n[nH]2)C1. The van der Waals surface area contributed by atoms with E-state index in [1.807, 2.05) is 13.0 Å². The Hall–Kier alpha value is -2.84. The van der Waals surface area contributed by atoms with Crippen molar-refractivity contribution in [1.82, 2.24) is 20.7 Å². The zero-order valence-electron chi connectivity index (χ0n) is 13.9. The van der Waals surface area contributed by atoms with Crippen LogP contribution in [-0.2, 0) is 11.2 Å². The average Bonchev–Trinajstić information content (AvgIpc) is 3.27. The molecular weight excluding hydrogens is 326 g/mol. The number of carboxylic acid groups (broad SMARTS) is 1. The van der Waals surface area contributed by atoms with Crippen LogP contribution in [0.15, 0.2) is 22.9 Å². The highest BCUT2D eigenvalue weighted by atomic mass is 16.5. The van der Waals surface area contributed by atoms with E-state index < -0.39 is 6.09 Å². The quantitative estimate of drug-likeness (QED) is 0.632. The van der Waals surface area contributed by atoms with Gasteiger partial charge in [-0.05, 0) is 32.1 Å². The zero-order chi connectivity index (χ0) is 17.8. The Morgan fingerprint density at radius 2 is 2.32 bits per heavy atom. The van der Waals surface area contributed by atoms with Crippen LogP contribution in [0.3, 0.4) is 0 Å². The van der Waals surface area contributed by atoms with Gasteiger partial charge in [0.1, 0.15) is 5.76 Å². The predicted molar refractivity (Wildman–Crippen MR) is 88.1 cm³/mol. The van der Waals surface area contributed by atoms with E-state index in [1.165, 1.54) is 6.20 Å². The number of rotatable bonds is 6. The molecule has 134 valence electrons. The Morgan fingerprint density at radius 1 is 1.48 bits per heavy atom. The molecule has 0 aliphatic heterocycles. The lowest BCUT2D eigenvalue weighted by Crippen LogP contribution is -2.36. The highest BCUT2D eigenvalue weighted by Gasteiger charge is 2.31. The van der Waals surface area contributed by atoms with Gasteiger partial charge in [0, 0.05) is 29.8 Å². The number of aromatic nitrogens is 3. The molecule has 1 aliphatic rings. The van der Waals surface area contributed by atoms with Gasteiger partial charge in [0.25, 0.3) is 0 Å². The molecule has 9 nitrogen and oxygen atoms in total. The molecule has 3 atom stereocenters. The van der Waals surface area contributed by atoms with Gasteiger partial charge in [-0.2, -0.15) is 5.10 Å². The van der Waals surface area contributed by atoms with Gasteiger partial charge >= 0.3 is 6.09 Å². The number of H-pyrrole nitrogens is 1. The summed E-state index contributed by atoms with van der Waals surface area (Å²) in [7, 11) is 0. The van der Waals surface area contributed by atoms with Gasteiger partial charge in [-0.3, -0.25) is 9.89 Å². The minimum Gasteiger partial charge on any atom is -0.465 e. The third-order valence-corrected chi connectivity index (χ3v) is 4.66. The van der Waals surface area contributed by atoms with Gasteiger partial charge in [-0.15, -0.1) is 0 Å². The summed E-state index contributed by atoms with van der Waals surface area (Å²) in [6.45, 7) is 1.89. The van der Waals surface area contributed by atoms with Gasteiger partial charge in [0.2, 0.25) is 5.91 Å². The minimum atomic E-state index is -0.991. The number of carbonyl (C=O) groups is 2. The predicted octanol–water partition coefficient (Wildman–Crippen LogP) is 2.12. The Balaban J connectivity index is 1.53. The molecule has 2 amide bonds. The number of anilines is 1. The Kier molecular flexibility index (Phi) is 5.01. The van der Waals surface area contributed by atoms with Gasteiger partial charge in [-0.25, -0.2) is 4.79 Å². The molecule has 0 bridgehead atoms. The van der Waals surface area contributed by atoms with Crippen LogP contribution in [0.4, 0.5) is 10.6 Å². The largest absolute Gasteiger partial charge is 0.465 e. The minimum absolute atomic E-state index is 0.0773. The van der Waals surface area contributed by atoms with Crippen molar-refractivity contribution >= 4 is 17.8 Å². The molecule has 2 aromatic heterocycles. The standard InChI is InChI=1S/C16H21N5O4/c1-9(18-16(23)24)10-2-3-11(6-10)13-8-14(21-20-13)19-15(22)7-12-4-5-17-25-12/h4-5,8-11,18H,2-3,6-7H2,1H3,(H,23,24)(H2,19,20,21,22)/t9?,10?,11-/m0/s1. The van der Waals surface area contributed by atoms with Crippen molar-refractivity contribution in [3.8, 4) is 0 Å². The lowest BCUT2D eigenvalue weighted by molar-refractivity contribution is -0.115. The molecule has 2 aromatic rings. The van der Waals surface area contributed by atoms with E-state index in [4.69, 9.17) is 9.63 Å². The molecule has 3 rings (SSSR count). The van der Waals surface area contributed by atoms with Crippen LogP contribution in [0.5, 0.6) is 0 Å². The normalized spacial score (nSPS) is 21.0. The van der Waals surface area contributed by atoms with Crippen molar-refractivity contribution in [2.75, 3.05) is 5.32 Å². The first kappa shape index (κ1) is 17.0. The van der Waals surface area contributed by atoms with E-state index in [9.17, 15) is 9.59 Å². The van der Waals surface area contributed by atoms with Crippen LogP contribution in [0.1, 0.15) is 43.6 Å². The summed E-state index contributed by atoms with van der Waals surface area (Å²) in [4.78, 5) is 22.7. The topological polar surface area (TPSA) is 133 Å². The summed E-state index contributed by atoms with van der Waals surface area (Å²) in [5.74, 6) is 1.33. The first-order valence-corrected chi connectivity index (χ1v) is 8.25. The number of carbonyl (C=O) groups excluding carboxylic acids is 1. The van der Waals surface area contributed by atoms with Crippen molar-refractivity contribution in [1.29, 1.82) is 0 Å². The fourth-order valence-electron chi connectivity index (χ4n) is 3.35. The highest BCUT2D eigenvalue weighted by Crippen LogP contribution is 2.39. The summed E-state index contributed by atoms with van der Waals surface area (Å²) < 4.78 is 4.90. The summed E-state index contributed by atoms with van der Waals surface area (Å²) in [6.07, 6.45) is 3.41. The first-order chi connectivity index (χ1) is 12.0. The fourth-order valence-corrected chi connectivity index (χ4v) is 3.35. The molecular formula is C16H21N5O4. The number of hydrogen-bond donors (Lipinski definition) is 4. The molecule has 25 heavy (non-hydrogen) atoms. The number of hydrogen-bond acceptors (Lipinski definition) is 5. The van der Waals surface area contributed by atoms with Crippen molar-refractivity contribution in [3.63, 3.8) is 0 Å². The molecule has 0 radical (unpaired) electrons. The maximum atomic E-state index is 11.9. The monoisotopic (exact) mass is 347 g/mol. The van der Waals surface area contributed by atoms with Gasteiger partial charge in [-0.1, -0.05) is 5.16 Å². The number of aromatic amines is 1. The van der Waals surface area contributed by atoms with E-state index in [2.05, 4.69) is 26.0 Å². The van der Waals surface area contributed by atoms with Gasteiger partial charge in [0.05, 0.1) is 12.6 Å². The van der Waals surface area contributed by atoms with Crippen LogP contribution in [0.25, 0.3) is 0 Å². The highest BCUT2D eigenvalue weighted by molar-refractivity contribution is 5.91. The van der Waals surface area contributed by atoms with E-state index in [0.717, 1.165) is 25.0 Å². The van der Waals surface area contributed by atoms with E-state index in [-0.39, 0.29) is 24.3 Å². The molecule has 0 aromatic carbocycles. The lowest BCUT2D eigenvalue weighted by atomic mass is 9.97. The third-order valence-electron chi connectivity index (χ3n) is 4.66. The second-order valence-corrected chi connectivity index (χ2v) is 6.42. The number of amides is 2. The van der Waals surface area contributed by atoms with Crippen molar-refractivity contribution < 1.29 is 19.2 Å². The molecule has 9 heteroatoms. The van der Waals surface area contributed by atoms with E-state index >= 15 is 0 Å². The summed E-state index contributed by atoms with van der Waals surface area (Å²) >= 11 is 0. The molecule has 0 saturated heterocycles. The summed E-state index contributed by atoms with van der Waals surface area (Å²) in [5, 5.41) is 24.8. The second-order valence-electron chi connectivity index (χ2n) is 6.42. The van der Waals surface area contributed by atoms with Crippen LogP contribution in [-0.4, -0.2) is 38.5 Å².